The maximum atomic E-state index is 12.8. The summed E-state index contributed by atoms with van der Waals surface area (Å²) in [7, 11) is 0. The molecule has 0 aromatic heterocycles. The highest BCUT2D eigenvalue weighted by atomic mass is 19.4. The number of rotatable bonds is 24. The van der Waals surface area contributed by atoms with Crippen LogP contribution in [0.3, 0.4) is 0 Å². The lowest BCUT2D eigenvalue weighted by molar-refractivity contribution is -0.138. The van der Waals surface area contributed by atoms with Crippen molar-refractivity contribution in [2.24, 2.45) is 0 Å². The predicted octanol–water partition coefficient (Wildman–Crippen LogP) is 16.8. The first-order valence-electron chi connectivity index (χ1n) is 47.4. The highest BCUT2D eigenvalue weighted by molar-refractivity contribution is 5.99. The molecule has 25 nitrogen and oxygen atoms in total. The zero-order valence-corrected chi connectivity index (χ0v) is 76.0. The average Bonchev–Trinajstić information content (AvgIpc) is 1.80. The maximum absolute atomic E-state index is 12.8. The minimum absolute atomic E-state index is 0. The van der Waals surface area contributed by atoms with Crippen LogP contribution in [0.25, 0.3) is 0 Å². The Labute approximate surface area is 818 Å². The van der Waals surface area contributed by atoms with Crippen molar-refractivity contribution in [3.05, 3.63) is 255 Å². The van der Waals surface area contributed by atoms with Crippen molar-refractivity contribution in [2.75, 3.05) is 98.7 Å². The van der Waals surface area contributed by atoms with Crippen LogP contribution in [-0.2, 0) is 44.1 Å². The number of alkyl halides is 9. The van der Waals surface area contributed by atoms with E-state index in [0.29, 0.717) is 60.2 Å². The largest absolute Gasteiger partial charge is 0.493 e. The van der Waals surface area contributed by atoms with Crippen LogP contribution < -0.4 is 66.2 Å². The van der Waals surface area contributed by atoms with Gasteiger partial charge in [0.15, 0.2) is 23.0 Å². The van der Waals surface area contributed by atoms with Crippen molar-refractivity contribution in [3.8, 4) is 28.7 Å². The summed E-state index contributed by atoms with van der Waals surface area (Å²) in [4.78, 5) is 107. The van der Waals surface area contributed by atoms with Gasteiger partial charge in [0.05, 0.1) is 73.6 Å². The number of likely N-dealkylation sites (tertiary alicyclic amines) is 4. The number of carbonyl (C=O) groups excluding carboxylic acids is 8. The molecule has 11 aliphatic rings. The van der Waals surface area contributed by atoms with Crippen LogP contribution in [0.2, 0.25) is 0 Å². The minimum Gasteiger partial charge on any atom is -0.493 e. The fourth-order valence-electron chi connectivity index (χ4n) is 20.5. The molecule has 8 fully saturated rings. The van der Waals surface area contributed by atoms with Gasteiger partial charge in [-0.1, -0.05) is 121 Å². The van der Waals surface area contributed by atoms with E-state index < -0.39 is 52.9 Å². The van der Waals surface area contributed by atoms with Crippen LogP contribution >= 0.6 is 0 Å². The van der Waals surface area contributed by atoms with E-state index in [2.05, 4.69) is 129 Å². The molecule has 8 aromatic carbocycles. The first-order valence-corrected chi connectivity index (χ1v) is 47.4. The van der Waals surface area contributed by atoms with E-state index in [-0.39, 0.29) is 133 Å². The second kappa shape index (κ2) is 48.9. The summed E-state index contributed by atoms with van der Waals surface area (Å²) in [5.41, 5.74) is 4.20. The number of carbonyl (C=O) groups is 8. The summed E-state index contributed by atoms with van der Waals surface area (Å²) < 4.78 is 143. The molecular weight excluding hydrogens is 1830 g/mol. The molecule has 8 amide bonds. The molecule has 19 rings (SSSR count). The van der Waals surface area contributed by atoms with E-state index in [0.717, 1.165) is 195 Å². The smallest absolute Gasteiger partial charge is 0.416 e. The van der Waals surface area contributed by atoms with Crippen molar-refractivity contribution in [2.45, 2.75) is 229 Å². The third kappa shape index (κ3) is 28.8. The van der Waals surface area contributed by atoms with Gasteiger partial charge in [-0.15, -0.1) is 0 Å². The van der Waals surface area contributed by atoms with Crippen LogP contribution in [-0.4, -0.2) is 214 Å². The molecule has 8 N–H and O–H groups in total. The molecular formula is C107H131F9N12O13. The first-order chi connectivity index (χ1) is 66.0. The van der Waals surface area contributed by atoms with Gasteiger partial charge in [-0.25, -0.2) is 0 Å². The molecule has 8 aromatic rings. The van der Waals surface area contributed by atoms with E-state index in [1.807, 2.05) is 24.3 Å². The third-order valence-electron chi connectivity index (χ3n) is 28.2. The van der Waals surface area contributed by atoms with E-state index in [4.69, 9.17) is 23.7 Å². The molecule has 0 bridgehead atoms. The Hall–Kier alpha value is -12.3. The second-order valence-corrected chi connectivity index (χ2v) is 37.3. The molecule has 0 radical (unpaired) electrons. The van der Waals surface area contributed by atoms with Gasteiger partial charge in [-0.3, -0.25) is 58.0 Å². The van der Waals surface area contributed by atoms with E-state index in [1.54, 1.807) is 24.3 Å². The SMILES string of the molecule is C.C.C.C.O=C(CNC(=O)c1cccc(C(F)(F)F)c1)NC1CN(C2CCC(c3ccc4c(c3)OCC4)CC2)C1.O=C(CNC(=O)c1cccc(C(F)(F)F)c1)NC1CN(C2CCC(c3ccc4c(c3)OCO4)CC2)C1.O=C(CNC(=O)c1cccc(C(F)(F)F)c1)NC1CN(C2CCC(c3ccccc3)CC2)C1.O=C(CNC(=O)c1ccccc1)NC1CN(C2CCC(c3ccc4c(c3)OCO4)CC2)C1. The number of hydrogen-bond donors (Lipinski definition) is 8. The monoisotopic (exact) mass is 1960 g/mol. The fourth-order valence-corrected chi connectivity index (χ4v) is 20.5. The normalized spacial score (nSPS) is 21.6. The molecule has 4 aliphatic carbocycles. The van der Waals surface area contributed by atoms with Gasteiger partial charge >= 0.3 is 18.5 Å². The van der Waals surface area contributed by atoms with Crippen molar-refractivity contribution in [1.82, 2.24) is 62.1 Å². The number of nitrogens with zero attached hydrogens (tertiary/aromatic N) is 4. The maximum Gasteiger partial charge on any atom is 0.416 e. The van der Waals surface area contributed by atoms with Crippen LogP contribution in [0.5, 0.6) is 28.7 Å². The number of fused-ring (bicyclic) bond motifs is 3. The van der Waals surface area contributed by atoms with Gasteiger partial charge in [0.2, 0.25) is 37.2 Å². The molecule has 0 atom stereocenters. The summed E-state index contributed by atoms with van der Waals surface area (Å²) in [6, 6.07) is 53.6. The number of ether oxygens (including phenoxy) is 5. The van der Waals surface area contributed by atoms with Crippen LogP contribution in [0, 0.1) is 0 Å². The molecule has 760 valence electrons. The lowest BCUT2D eigenvalue weighted by Gasteiger charge is -2.46. The molecule has 7 aliphatic heterocycles. The zero-order chi connectivity index (χ0) is 95.9. The Morgan fingerprint density at radius 3 is 0.858 bits per heavy atom. The predicted molar refractivity (Wildman–Crippen MR) is 518 cm³/mol. The average molecular weight is 1960 g/mol. The van der Waals surface area contributed by atoms with Gasteiger partial charge in [0.1, 0.15) is 5.75 Å². The molecule has 7 heterocycles. The number of nitrogens with one attached hydrogen (secondary N) is 8. The highest BCUT2D eigenvalue weighted by Crippen LogP contribution is 2.45. The Balaban J connectivity index is 0.000000167. The molecule has 0 spiro atoms. The molecule has 4 saturated carbocycles. The van der Waals surface area contributed by atoms with E-state index in [1.165, 1.54) is 103 Å². The van der Waals surface area contributed by atoms with Crippen molar-refractivity contribution < 1.29 is 102 Å². The van der Waals surface area contributed by atoms with Gasteiger partial charge in [-0.05, 0) is 251 Å². The zero-order valence-electron chi connectivity index (χ0n) is 76.0. The standard InChI is InChI=1S/C27H30F3N3O3.C26H28F3N3O4.C25H28F3N3O2.C25H29N3O4.4CH4/c28-27(29,30)21-3-1-2-20(12-21)26(35)31-14-25(34)32-22-15-33(16-22)23-8-6-17(7-9-23)19-5-4-18-10-11-36-24(18)13-19;27-26(28,29)19-3-1-2-18(10-19)25(34)30-12-24(33)31-20-13-32(14-20)21-7-4-16(5-8-21)17-6-9-22-23(11-17)36-15-35-22;26-25(27,28)20-8-4-7-19(13-20)24(33)29-14-23(32)30-21-15-31(16-21)22-11-9-18(10-12-22)17-5-2-1-3-6-17;29-24(13-26-25(30)18-4-2-1-3-5-18)27-20-14-28(15-20)21-9-6-17(7-10-21)19-8-11-22-23(12-19)32-16-31-22;;;;/h1-5,12-13,17,22-23H,6-11,14-16H2,(H,31,35)(H,32,34);1-3,6,9-11,16,20-21H,4-5,7-8,12-15H2,(H,30,34)(H,31,33);1-8,13,18,21-22H,9-12,14-16H2,(H,29,33)(H,30,32);1-5,8,11-12,17,20-21H,6-7,9-10,13-16H2,(H,26,30)(H,27,29);4*1H4. The van der Waals surface area contributed by atoms with Gasteiger partial charge in [-0.2, -0.15) is 39.5 Å². The molecule has 34 heteroatoms. The van der Waals surface area contributed by atoms with E-state index >= 15 is 0 Å². The topological polar surface area (TPSA) is 292 Å². The lowest BCUT2D eigenvalue weighted by Crippen LogP contribution is -2.63. The molecule has 0 unspecified atom stereocenters. The Kier molecular flexibility index (Phi) is 37.3. The van der Waals surface area contributed by atoms with Crippen molar-refractivity contribution in [3.63, 3.8) is 0 Å². The lowest BCUT2D eigenvalue weighted by atomic mass is 9.80. The molecule has 141 heavy (non-hydrogen) atoms. The quantitative estimate of drug-likeness (QED) is 0.0261. The fraction of sp³-hybridized carbons (Fsp3) is 0.477. The second-order valence-electron chi connectivity index (χ2n) is 37.3. The van der Waals surface area contributed by atoms with Crippen molar-refractivity contribution >= 4 is 47.3 Å². The van der Waals surface area contributed by atoms with Gasteiger partial charge < -0.3 is 66.2 Å². The summed E-state index contributed by atoms with van der Waals surface area (Å²) in [5.74, 6) is 3.11. The highest BCUT2D eigenvalue weighted by Gasteiger charge is 2.42. The molecule has 4 saturated heterocycles. The van der Waals surface area contributed by atoms with Gasteiger partial charge in [0, 0.05) is 105 Å². The summed E-state index contributed by atoms with van der Waals surface area (Å²) >= 11 is 0. The first kappa shape index (κ1) is 108. The number of halogens is 9. The van der Waals surface area contributed by atoms with Crippen LogP contribution in [0.1, 0.15) is 242 Å². The number of hydrogen-bond acceptors (Lipinski definition) is 17. The summed E-state index contributed by atoms with van der Waals surface area (Å²) in [6.07, 6.45) is 5.62. The summed E-state index contributed by atoms with van der Waals surface area (Å²) in [6.45, 7) is 6.95. The summed E-state index contributed by atoms with van der Waals surface area (Å²) in [5, 5.41) is 21.6. The Bertz CT molecular complexity index is 5350. The Morgan fingerprint density at radius 1 is 0.277 bits per heavy atom. The third-order valence-corrected chi connectivity index (χ3v) is 28.2. The van der Waals surface area contributed by atoms with Crippen LogP contribution in [0.15, 0.2) is 188 Å². The number of benzene rings is 8. The van der Waals surface area contributed by atoms with E-state index in [9.17, 15) is 77.9 Å². The Morgan fingerprint density at radius 2 is 0.546 bits per heavy atom. The van der Waals surface area contributed by atoms with Gasteiger partial charge in [0.25, 0.3) is 23.6 Å². The minimum atomic E-state index is -4.53. The van der Waals surface area contributed by atoms with Crippen LogP contribution in [0.4, 0.5) is 39.5 Å². The number of amides is 8. The van der Waals surface area contributed by atoms with Crippen molar-refractivity contribution in [1.29, 1.82) is 0 Å².